The van der Waals surface area contributed by atoms with Crippen LogP contribution in [0, 0.1) is 24.2 Å². The highest BCUT2D eigenvalue weighted by Gasteiger charge is 2.28. The Balaban J connectivity index is 2.20. The van der Waals surface area contributed by atoms with Crippen LogP contribution in [0.15, 0.2) is 12.1 Å². The summed E-state index contributed by atoms with van der Waals surface area (Å²) in [4.78, 5) is 17.0. The molecule has 0 amide bonds. The molecule has 0 aromatic carbocycles. The number of rotatable bonds is 2. The van der Waals surface area contributed by atoms with E-state index in [2.05, 4.69) is 4.98 Å². The molecular formula is C12H13N3O2. The quantitative estimate of drug-likeness (QED) is 0.826. The summed E-state index contributed by atoms with van der Waals surface area (Å²) in [5.74, 6) is -0.403. The molecule has 2 heterocycles. The van der Waals surface area contributed by atoms with Gasteiger partial charge in [-0.25, -0.2) is 4.98 Å². The fourth-order valence-corrected chi connectivity index (χ4v) is 1.98. The molecule has 0 radical (unpaired) electrons. The summed E-state index contributed by atoms with van der Waals surface area (Å²) in [5.41, 5.74) is 1.24. The van der Waals surface area contributed by atoms with Gasteiger partial charge in [-0.05, 0) is 25.0 Å². The number of pyridine rings is 1. The number of carboxylic acid groups (broad SMARTS) is 1. The van der Waals surface area contributed by atoms with E-state index in [0.29, 0.717) is 31.0 Å². The van der Waals surface area contributed by atoms with Crippen molar-refractivity contribution in [2.45, 2.75) is 13.3 Å². The van der Waals surface area contributed by atoms with Crippen LogP contribution in [0.3, 0.4) is 0 Å². The third kappa shape index (κ3) is 2.21. The van der Waals surface area contributed by atoms with Crippen molar-refractivity contribution in [2.75, 3.05) is 18.0 Å². The van der Waals surface area contributed by atoms with Crippen molar-refractivity contribution in [3.05, 3.63) is 23.4 Å². The van der Waals surface area contributed by atoms with Crippen LogP contribution < -0.4 is 4.90 Å². The summed E-state index contributed by atoms with van der Waals surface area (Å²) in [7, 11) is 0. The number of carbonyl (C=O) groups is 1. The Bertz CT molecular complexity index is 493. The average molecular weight is 231 g/mol. The molecule has 1 unspecified atom stereocenters. The van der Waals surface area contributed by atoms with E-state index in [9.17, 15) is 4.79 Å². The van der Waals surface area contributed by atoms with Gasteiger partial charge in [0.05, 0.1) is 5.92 Å². The van der Waals surface area contributed by atoms with E-state index in [1.54, 1.807) is 0 Å². The van der Waals surface area contributed by atoms with Gasteiger partial charge < -0.3 is 10.0 Å². The van der Waals surface area contributed by atoms with Crippen LogP contribution in [0.4, 0.5) is 5.82 Å². The van der Waals surface area contributed by atoms with Crippen molar-refractivity contribution in [3.8, 4) is 6.07 Å². The predicted molar refractivity (Wildman–Crippen MR) is 61.6 cm³/mol. The number of aliphatic carboxylic acids is 1. The molecule has 1 aliphatic rings. The summed E-state index contributed by atoms with van der Waals surface area (Å²) in [5, 5.41) is 17.8. The Morgan fingerprint density at radius 2 is 2.41 bits per heavy atom. The molecule has 1 atom stereocenters. The molecule has 1 fully saturated rings. The highest BCUT2D eigenvalue weighted by molar-refractivity contribution is 5.71. The van der Waals surface area contributed by atoms with Crippen LogP contribution >= 0.6 is 0 Å². The molecule has 5 heteroatoms. The number of anilines is 1. The van der Waals surface area contributed by atoms with Crippen molar-refractivity contribution in [1.82, 2.24) is 4.98 Å². The molecule has 1 saturated heterocycles. The van der Waals surface area contributed by atoms with E-state index in [0.717, 1.165) is 5.56 Å². The van der Waals surface area contributed by atoms with E-state index in [1.165, 1.54) is 0 Å². The highest BCUT2D eigenvalue weighted by atomic mass is 16.4. The number of nitriles is 1. The monoisotopic (exact) mass is 231 g/mol. The number of aryl methyl sites for hydroxylation is 1. The molecule has 0 spiro atoms. The summed E-state index contributed by atoms with van der Waals surface area (Å²) >= 11 is 0. The number of carboxylic acids is 1. The molecule has 88 valence electrons. The van der Waals surface area contributed by atoms with Crippen LogP contribution in [-0.4, -0.2) is 29.1 Å². The van der Waals surface area contributed by atoms with Gasteiger partial charge in [-0.2, -0.15) is 5.26 Å². The lowest BCUT2D eigenvalue weighted by Crippen LogP contribution is -2.23. The molecule has 1 N–H and O–H groups in total. The van der Waals surface area contributed by atoms with E-state index < -0.39 is 5.97 Å². The molecule has 0 aliphatic carbocycles. The Hall–Kier alpha value is -2.09. The van der Waals surface area contributed by atoms with Gasteiger partial charge in [0.1, 0.15) is 17.6 Å². The Kier molecular flexibility index (Phi) is 2.96. The van der Waals surface area contributed by atoms with Gasteiger partial charge in [0, 0.05) is 13.1 Å². The maximum Gasteiger partial charge on any atom is 0.308 e. The van der Waals surface area contributed by atoms with Gasteiger partial charge in [-0.15, -0.1) is 0 Å². The van der Waals surface area contributed by atoms with E-state index in [4.69, 9.17) is 10.4 Å². The first-order chi connectivity index (χ1) is 8.11. The largest absolute Gasteiger partial charge is 0.481 e. The highest BCUT2D eigenvalue weighted by Crippen LogP contribution is 2.23. The topological polar surface area (TPSA) is 77.2 Å². The van der Waals surface area contributed by atoms with Gasteiger partial charge in [0.15, 0.2) is 0 Å². The lowest BCUT2D eigenvalue weighted by atomic mass is 10.1. The van der Waals surface area contributed by atoms with Gasteiger partial charge in [0.25, 0.3) is 0 Å². The van der Waals surface area contributed by atoms with Gasteiger partial charge in [-0.3, -0.25) is 4.79 Å². The third-order valence-corrected chi connectivity index (χ3v) is 3.05. The average Bonchev–Trinajstić information content (AvgIpc) is 2.79. The lowest BCUT2D eigenvalue weighted by Gasteiger charge is -2.17. The minimum absolute atomic E-state index is 0.330. The number of aromatic nitrogens is 1. The number of hydrogen-bond donors (Lipinski definition) is 1. The minimum atomic E-state index is -0.764. The minimum Gasteiger partial charge on any atom is -0.481 e. The molecule has 0 saturated carbocycles. The summed E-state index contributed by atoms with van der Waals surface area (Å²) in [6.45, 7) is 2.98. The second kappa shape index (κ2) is 4.42. The van der Waals surface area contributed by atoms with E-state index in [1.807, 2.05) is 30.0 Å². The molecule has 5 nitrogen and oxygen atoms in total. The molecular weight excluding hydrogens is 218 g/mol. The molecule has 1 aromatic rings. The van der Waals surface area contributed by atoms with Crippen molar-refractivity contribution in [2.24, 2.45) is 5.92 Å². The second-order valence-electron chi connectivity index (χ2n) is 4.22. The fraction of sp³-hybridized carbons (Fsp3) is 0.417. The fourth-order valence-electron chi connectivity index (χ4n) is 1.98. The zero-order valence-electron chi connectivity index (χ0n) is 9.55. The van der Waals surface area contributed by atoms with Crippen LogP contribution in [0.2, 0.25) is 0 Å². The van der Waals surface area contributed by atoms with E-state index >= 15 is 0 Å². The SMILES string of the molecule is Cc1ccc(N2CCC(C(=O)O)C2)nc1C#N. The first kappa shape index (κ1) is 11.4. The van der Waals surface area contributed by atoms with Gasteiger partial charge >= 0.3 is 5.97 Å². The number of hydrogen-bond acceptors (Lipinski definition) is 4. The summed E-state index contributed by atoms with van der Waals surface area (Å²) in [6.07, 6.45) is 0.632. The molecule has 1 aliphatic heterocycles. The number of nitrogens with zero attached hydrogens (tertiary/aromatic N) is 3. The molecule has 2 rings (SSSR count). The van der Waals surface area contributed by atoms with Crippen molar-refractivity contribution in [3.63, 3.8) is 0 Å². The van der Waals surface area contributed by atoms with Crippen LogP contribution in [0.5, 0.6) is 0 Å². The predicted octanol–water partition coefficient (Wildman–Crippen LogP) is 1.17. The van der Waals surface area contributed by atoms with Crippen LogP contribution in [-0.2, 0) is 4.79 Å². The van der Waals surface area contributed by atoms with Crippen molar-refractivity contribution in [1.29, 1.82) is 5.26 Å². The Morgan fingerprint density at radius 3 is 3.00 bits per heavy atom. The first-order valence-electron chi connectivity index (χ1n) is 5.47. The standard InChI is InChI=1S/C12H13N3O2/c1-8-2-3-11(14-10(8)6-13)15-5-4-9(7-15)12(16)17/h2-3,9H,4-5,7H2,1H3,(H,16,17). The first-order valence-corrected chi connectivity index (χ1v) is 5.47. The summed E-state index contributed by atoms with van der Waals surface area (Å²) < 4.78 is 0. The van der Waals surface area contributed by atoms with E-state index in [-0.39, 0.29) is 5.92 Å². The second-order valence-corrected chi connectivity index (χ2v) is 4.22. The Morgan fingerprint density at radius 1 is 1.65 bits per heavy atom. The van der Waals surface area contributed by atoms with Crippen LogP contribution in [0.25, 0.3) is 0 Å². The Labute approximate surface area is 99.3 Å². The normalized spacial score (nSPS) is 19.1. The molecule has 1 aromatic heterocycles. The van der Waals surface area contributed by atoms with Crippen molar-refractivity contribution >= 4 is 11.8 Å². The van der Waals surface area contributed by atoms with Crippen molar-refractivity contribution < 1.29 is 9.90 Å². The zero-order chi connectivity index (χ0) is 12.4. The van der Waals surface area contributed by atoms with Gasteiger partial charge in [0.2, 0.25) is 0 Å². The summed E-state index contributed by atoms with van der Waals surface area (Å²) in [6, 6.07) is 5.71. The van der Waals surface area contributed by atoms with Gasteiger partial charge in [-0.1, -0.05) is 6.07 Å². The molecule has 0 bridgehead atoms. The third-order valence-electron chi connectivity index (χ3n) is 3.05. The smallest absolute Gasteiger partial charge is 0.308 e. The maximum atomic E-state index is 10.9. The molecule has 17 heavy (non-hydrogen) atoms. The maximum absolute atomic E-state index is 10.9. The van der Waals surface area contributed by atoms with Crippen LogP contribution in [0.1, 0.15) is 17.7 Å². The lowest BCUT2D eigenvalue weighted by molar-refractivity contribution is -0.140. The zero-order valence-corrected chi connectivity index (χ0v) is 9.55.